The van der Waals surface area contributed by atoms with Gasteiger partial charge >= 0.3 is 0 Å². The largest absolute Gasteiger partial charge is 0.497 e. The van der Waals surface area contributed by atoms with Crippen molar-refractivity contribution in [1.29, 1.82) is 0 Å². The van der Waals surface area contributed by atoms with Crippen molar-refractivity contribution < 1.29 is 14.3 Å². The molecule has 0 spiro atoms. The van der Waals surface area contributed by atoms with Crippen LogP contribution in [0.2, 0.25) is 0 Å². The van der Waals surface area contributed by atoms with E-state index in [0.29, 0.717) is 23.6 Å². The number of methoxy groups -OCH3 is 1. The van der Waals surface area contributed by atoms with Crippen molar-refractivity contribution in [2.75, 3.05) is 19.0 Å². The van der Waals surface area contributed by atoms with E-state index in [1.807, 2.05) is 19.1 Å². The minimum Gasteiger partial charge on any atom is -0.497 e. The summed E-state index contributed by atoms with van der Waals surface area (Å²) >= 11 is 3.40. The van der Waals surface area contributed by atoms with Gasteiger partial charge in [-0.1, -0.05) is 0 Å². The lowest BCUT2D eigenvalue weighted by molar-refractivity contribution is 0.102. The van der Waals surface area contributed by atoms with Gasteiger partial charge in [0.05, 0.1) is 19.4 Å². The number of halogens is 1. The van der Waals surface area contributed by atoms with E-state index in [0.717, 1.165) is 10.2 Å². The van der Waals surface area contributed by atoms with E-state index in [-0.39, 0.29) is 5.91 Å². The van der Waals surface area contributed by atoms with Crippen LogP contribution in [0, 0.1) is 0 Å². The van der Waals surface area contributed by atoms with E-state index in [2.05, 4.69) is 21.2 Å². The molecule has 4 nitrogen and oxygen atoms in total. The third-order valence-electron chi connectivity index (χ3n) is 2.85. The average Bonchev–Trinajstić information content (AvgIpc) is 2.50. The Morgan fingerprint density at radius 2 is 1.81 bits per heavy atom. The Bertz CT molecular complexity index is 626. The second kappa shape index (κ2) is 7.13. The number of carbonyl (C=O) groups is 1. The SMILES string of the molecule is CCOc1ccc(C(=O)Nc2cc(OC)ccc2Br)cc1. The monoisotopic (exact) mass is 349 g/mol. The number of anilines is 1. The third-order valence-corrected chi connectivity index (χ3v) is 3.54. The van der Waals surface area contributed by atoms with Gasteiger partial charge in [0.1, 0.15) is 11.5 Å². The first-order valence-corrected chi connectivity index (χ1v) is 7.31. The van der Waals surface area contributed by atoms with Crippen LogP contribution in [0.15, 0.2) is 46.9 Å². The second-order valence-corrected chi connectivity index (χ2v) is 5.11. The molecule has 110 valence electrons. The highest BCUT2D eigenvalue weighted by atomic mass is 79.9. The topological polar surface area (TPSA) is 47.6 Å². The van der Waals surface area contributed by atoms with E-state index in [9.17, 15) is 4.79 Å². The van der Waals surface area contributed by atoms with Crippen molar-refractivity contribution >= 4 is 27.5 Å². The van der Waals surface area contributed by atoms with Gasteiger partial charge in [-0.2, -0.15) is 0 Å². The van der Waals surface area contributed by atoms with Crippen LogP contribution in [-0.4, -0.2) is 19.6 Å². The molecule has 1 amide bonds. The van der Waals surface area contributed by atoms with Crippen LogP contribution in [0.25, 0.3) is 0 Å². The normalized spacial score (nSPS) is 10.0. The van der Waals surface area contributed by atoms with E-state index in [1.165, 1.54) is 0 Å². The molecule has 0 saturated heterocycles. The first-order valence-electron chi connectivity index (χ1n) is 6.51. The zero-order chi connectivity index (χ0) is 15.2. The summed E-state index contributed by atoms with van der Waals surface area (Å²) in [6, 6.07) is 12.4. The summed E-state index contributed by atoms with van der Waals surface area (Å²) in [5.74, 6) is 1.24. The summed E-state index contributed by atoms with van der Waals surface area (Å²) in [6.45, 7) is 2.52. The molecule has 5 heteroatoms. The van der Waals surface area contributed by atoms with Crippen LogP contribution in [0.3, 0.4) is 0 Å². The summed E-state index contributed by atoms with van der Waals surface area (Å²) in [5, 5.41) is 2.85. The molecule has 0 unspecified atom stereocenters. The van der Waals surface area contributed by atoms with E-state index < -0.39 is 0 Å². The number of amides is 1. The fourth-order valence-electron chi connectivity index (χ4n) is 1.79. The standard InChI is InChI=1S/C16H16BrNO3/c1-3-21-12-6-4-11(5-7-12)16(19)18-15-10-13(20-2)8-9-14(15)17/h4-10H,3H2,1-2H3,(H,18,19). The Hall–Kier alpha value is -2.01. The predicted molar refractivity (Wildman–Crippen MR) is 86.3 cm³/mol. The van der Waals surface area contributed by atoms with Crippen molar-refractivity contribution in [1.82, 2.24) is 0 Å². The highest BCUT2D eigenvalue weighted by Gasteiger charge is 2.09. The third kappa shape index (κ3) is 3.98. The quantitative estimate of drug-likeness (QED) is 0.883. The molecule has 21 heavy (non-hydrogen) atoms. The zero-order valence-corrected chi connectivity index (χ0v) is 13.4. The summed E-state index contributed by atoms with van der Waals surface area (Å²) in [5.41, 5.74) is 1.22. The van der Waals surface area contributed by atoms with Crippen molar-refractivity contribution in [2.45, 2.75) is 6.92 Å². The number of nitrogens with one attached hydrogen (secondary N) is 1. The first-order chi connectivity index (χ1) is 10.1. The molecule has 0 atom stereocenters. The van der Waals surface area contributed by atoms with Crippen molar-refractivity contribution in [3.8, 4) is 11.5 Å². The Labute approximate surface area is 132 Å². The number of ether oxygens (including phenoxy) is 2. The van der Waals surface area contributed by atoms with Gasteiger partial charge in [0.25, 0.3) is 5.91 Å². The molecule has 0 bridgehead atoms. The molecule has 0 heterocycles. The van der Waals surface area contributed by atoms with Gasteiger partial charge < -0.3 is 14.8 Å². The number of carbonyl (C=O) groups excluding carboxylic acids is 1. The summed E-state index contributed by atoms with van der Waals surface area (Å²) < 4.78 is 11.3. The van der Waals surface area contributed by atoms with Gasteiger partial charge in [0.15, 0.2) is 0 Å². The first kappa shape index (κ1) is 15.4. The fourth-order valence-corrected chi connectivity index (χ4v) is 2.14. The molecule has 0 aliphatic heterocycles. The van der Waals surface area contributed by atoms with Crippen molar-refractivity contribution in [3.63, 3.8) is 0 Å². The van der Waals surface area contributed by atoms with Gasteiger partial charge in [-0.25, -0.2) is 0 Å². The Balaban J connectivity index is 2.14. The molecule has 2 aromatic rings. The molecule has 2 aromatic carbocycles. The lowest BCUT2D eigenvalue weighted by atomic mass is 10.2. The Morgan fingerprint density at radius 1 is 1.14 bits per heavy atom. The fraction of sp³-hybridized carbons (Fsp3) is 0.188. The van der Waals surface area contributed by atoms with Crippen LogP contribution in [0.4, 0.5) is 5.69 Å². The molecule has 2 rings (SSSR count). The lowest BCUT2D eigenvalue weighted by Crippen LogP contribution is -2.12. The molecular weight excluding hydrogens is 334 g/mol. The van der Waals surface area contributed by atoms with E-state index in [4.69, 9.17) is 9.47 Å². The van der Waals surface area contributed by atoms with Crippen LogP contribution >= 0.6 is 15.9 Å². The predicted octanol–water partition coefficient (Wildman–Crippen LogP) is 4.11. The lowest BCUT2D eigenvalue weighted by Gasteiger charge is -2.10. The van der Waals surface area contributed by atoms with E-state index in [1.54, 1.807) is 37.4 Å². The van der Waals surface area contributed by atoms with Crippen LogP contribution in [-0.2, 0) is 0 Å². The van der Waals surface area contributed by atoms with Crippen molar-refractivity contribution in [3.05, 3.63) is 52.5 Å². The summed E-state index contributed by atoms with van der Waals surface area (Å²) in [7, 11) is 1.58. The molecule has 0 aliphatic rings. The van der Waals surface area contributed by atoms with Gasteiger partial charge in [-0.3, -0.25) is 4.79 Å². The van der Waals surface area contributed by atoms with Gasteiger partial charge in [0.2, 0.25) is 0 Å². The molecule has 1 N–H and O–H groups in total. The van der Waals surface area contributed by atoms with Crippen LogP contribution in [0.1, 0.15) is 17.3 Å². The number of hydrogen-bond acceptors (Lipinski definition) is 3. The highest BCUT2D eigenvalue weighted by molar-refractivity contribution is 9.10. The molecular formula is C16H16BrNO3. The Morgan fingerprint density at radius 3 is 2.43 bits per heavy atom. The summed E-state index contributed by atoms with van der Waals surface area (Å²) in [4.78, 5) is 12.2. The van der Waals surface area contributed by atoms with Gasteiger partial charge in [-0.15, -0.1) is 0 Å². The highest BCUT2D eigenvalue weighted by Crippen LogP contribution is 2.27. The van der Waals surface area contributed by atoms with Crippen LogP contribution < -0.4 is 14.8 Å². The second-order valence-electron chi connectivity index (χ2n) is 4.26. The molecule has 0 aliphatic carbocycles. The number of hydrogen-bond donors (Lipinski definition) is 1. The van der Waals surface area contributed by atoms with Gasteiger partial charge in [0, 0.05) is 16.1 Å². The molecule has 0 fully saturated rings. The maximum absolute atomic E-state index is 12.2. The average molecular weight is 350 g/mol. The minimum absolute atomic E-state index is 0.188. The maximum Gasteiger partial charge on any atom is 0.255 e. The number of benzene rings is 2. The summed E-state index contributed by atoms with van der Waals surface area (Å²) in [6.07, 6.45) is 0. The van der Waals surface area contributed by atoms with Crippen LogP contribution in [0.5, 0.6) is 11.5 Å². The molecule has 0 radical (unpaired) electrons. The zero-order valence-electron chi connectivity index (χ0n) is 11.9. The van der Waals surface area contributed by atoms with E-state index >= 15 is 0 Å². The van der Waals surface area contributed by atoms with Gasteiger partial charge in [-0.05, 0) is 59.3 Å². The Kier molecular flexibility index (Phi) is 5.22. The molecule has 0 saturated carbocycles. The number of rotatable bonds is 5. The smallest absolute Gasteiger partial charge is 0.255 e. The van der Waals surface area contributed by atoms with Crippen molar-refractivity contribution in [2.24, 2.45) is 0 Å². The maximum atomic E-state index is 12.2. The molecule has 0 aromatic heterocycles. The minimum atomic E-state index is -0.188.